The third kappa shape index (κ3) is 2.67. The van der Waals surface area contributed by atoms with Crippen molar-refractivity contribution < 1.29 is 0 Å². The summed E-state index contributed by atoms with van der Waals surface area (Å²) in [5.74, 6) is 0. The van der Waals surface area contributed by atoms with Gasteiger partial charge in [-0.3, -0.25) is 0 Å². The third-order valence-electron chi connectivity index (χ3n) is 2.78. The van der Waals surface area contributed by atoms with Crippen molar-refractivity contribution in [2.75, 3.05) is 4.43 Å². The first kappa shape index (κ1) is 11.7. The van der Waals surface area contributed by atoms with Gasteiger partial charge in [-0.25, -0.2) is 0 Å². The highest BCUT2D eigenvalue weighted by atomic mass is 127. The lowest BCUT2D eigenvalue weighted by Gasteiger charge is -2.29. The van der Waals surface area contributed by atoms with E-state index in [4.69, 9.17) is 0 Å². The molecule has 2 heteroatoms. The Hall–Kier alpha value is -0.770. The van der Waals surface area contributed by atoms with Crippen LogP contribution in [0.1, 0.15) is 24.9 Å². The molecule has 0 aliphatic carbocycles. The number of halogens is 1. The lowest BCUT2D eigenvalue weighted by Crippen LogP contribution is -2.21. The summed E-state index contributed by atoms with van der Waals surface area (Å²) in [5, 5.41) is 0. The maximum Gasteiger partial charge on any atom is 0.0669 e. The molecule has 0 saturated heterocycles. The third-order valence-corrected chi connectivity index (χ3v) is 3.61. The van der Waals surface area contributed by atoms with Gasteiger partial charge in [0.1, 0.15) is 0 Å². The van der Waals surface area contributed by atoms with Crippen molar-refractivity contribution in [3.05, 3.63) is 59.9 Å². The predicted octanol–water partition coefficient (Wildman–Crippen LogP) is 4.29. The molecule has 0 amide bonds. The minimum Gasteiger partial charge on any atom is -0.346 e. The van der Waals surface area contributed by atoms with Gasteiger partial charge in [0.15, 0.2) is 0 Å². The number of benzene rings is 1. The first-order chi connectivity index (χ1) is 7.81. The van der Waals surface area contributed by atoms with Gasteiger partial charge in [-0.2, -0.15) is 0 Å². The van der Waals surface area contributed by atoms with Gasteiger partial charge in [-0.15, -0.1) is 0 Å². The molecule has 0 fully saturated rings. The van der Waals surface area contributed by atoms with E-state index < -0.39 is 0 Å². The van der Waals surface area contributed by atoms with Crippen molar-refractivity contribution in [2.24, 2.45) is 0 Å². The Morgan fingerprint density at radius 3 is 2.69 bits per heavy atom. The summed E-state index contributed by atoms with van der Waals surface area (Å²) < 4.78 is 1.09. The fraction of sp³-hybridized carbons (Fsp3) is 0.286. The standard InChI is InChI=1S/C14H16IN/c1-12-6-5-9-16(11-12)14(10-15)13-7-3-2-4-8-13/h2-5,7-9,11,14H,6,10H2,1H3. The monoisotopic (exact) mass is 325 g/mol. The molecule has 1 aromatic carbocycles. The number of alkyl halides is 1. The molecule has 0 aromatic heterocycles. The van der Waals surface area contributed by atoms with Gasteiger partial charge in [0.25, 0.3) is 0 Å². The highest BCUT2D eigenvalue weighted by Crippen LogP contribution is 2.26. The van der Waals surface area contributed by atoms with E-state index in [9.17, 15) is 0 Å². The van der Waals surface area contributed by atoms with Gasteiger partial charge in [-0.05, 0) is 18.9 Å². The number of rotatable bonds is 3. The molecule has 0 N–H and O–H groups in total. The molecule has 16 heavy (non-hydrogen) atoms. The second kappa shape index (κ2) is 5.53. The zero-order valence-electron chi connectivity index (χ0n) is 9.44. The van der Waals surface area contributed by atoms with Crippen LogP contribution in [0.15, 0.2) is 54.4 Å². The molecule has 0 bridgehead atoms. The zero-order valence-corrected chi connectivity index (χ0v) is 11.6. The Labute approximate surface area is 111 Å². The lowest BCUT2D eigenvalue weighted by molar-refractivity contribution is 0.402. The van der Waals surface area contributed by atoms with Crippen molar-refractivity contribution in [3.8, 4) is 0 Å². The fourth-order valence-corrected chi connectivity index (χ4v) is 2.88. The van der Waals surface area contributed by atoms with Crippen LogP contribution >= 0.6 is 22.6 Å². The van der Waals surface area contributed by atoms with Crippen LogP contribution in [-0.2, 0) is 0 Å². The summed E-state index contributed by atoms with van der Waals surface area (Å²) >= 11 is 2.46. The van der Waals surface area contributed by atoms with E-state index in [1.54, 1.807) is 0 Å². The SMILES string of the molecule is CC1=CN(C(CI)c2ccccc2)C=CC1. The van der Waals surface area contributed by atoms with Gasteiger partial charge >= 0.3 is 0 Å². The predicted molar refractivity (Wildman–Crippen MR) is 77.4 cm³/mol. The van der Waals surface area contributed by atoms with Gasteiger partial charge < -0.3 is 4.90 Å². The molecule has 1 atom stereocenters. The van der Waals surface area contributed by atoms with E-state index in [0.29, 0.717) is 6.04 Å². The van der Waals surface area contributed by atoms with E-state index in [1.165, 1.54) is 11.1 Å². The molecule has 1 unspecified atom stereocenters. The Morgan fingerprint density at radius 2 is 2.06 bits per heavy atom. The number of hydrogen-bond acceptors (Lipinski definition) is 1. The van der Waals surface area contributed by atoms with Gasteiger partial charge in [0, 0.05) is 16.8 Å². The van der Waals surface area contributed by atoms with E-state index in [2.05, 4.69) is 83.2 Å². The second-order valence-corrected chi connectivity index (χ2v) is 4.97. The van der Waals surface area contributed by atoms with Crippen LogP contribution in [0.25, 0.3) is 0 Å². The molecule has 2 rings (SSSR count). The average molecular weight is 325 g/mol. The normalized spacial score (nSPS) is 17.1. The van der Waals surface area contributed by atoms with Gasteiger partial charge in [0.05, 0.1) is 6.04 Å². The molecule has 84 valence electrons. The van der Waals surface area contributed by atoms with Crippen molar-refractivity contribution in [3.63, 3.8) is 0 Å². The average Bonchev–Trinajstić information content (AvgIpc) is 2.31. The molecule has 1 aliphatic rings. The quantitative estimate of drug-likeness (QED) is 0.592. The maximum atomic E-state index is 2.46. The summed E-state index contributed by atoms with van der Waals surface area (Å²) in [5.41, 5.74) is 2.81. The van der Waals surface area contributed by atoms with Crippen molar-refractivity contribution in [2.45, 2.75) is 19.4 Å². The minimum absolute atomic E-state index is 0.452. The highest BCUT2D eigenvalue weighted by molar-refractivity contribution is 14.1. The second-order valence-electron chi connectivity index (χ2n) is 4.09. The van der Waals surface area contributed by atoms with Crippen molar-refractivity contribution in [1.82, 2.24) is 4.90 Å². The van der Waals surface area contributed by atoms with Crippen molar-refractivity contribution >= 4 is 22.6 Å². The van der Waals surface area contributed by atoms with E-state index in [-0.39, 0.29) is 0 Å². The van der Waals surface area contributed by atoms with Crippen LogP contribution in [0.4, 0.5) is 0 Å². The highest BCUT2D eigenvalue weighted by Gasteiger charge is 2.15. The topological polar surface area (TPSA) is 3.24 Å². The molecule has 1 aliphatic heterocycles. The van der Waals surface area contributed by atoms with Gasteiger partial charge in [0.2, 0.25) is 0 Å². The Balaban J connectivity index is 2.23. The Bertz CT molecular complexity index is 394. The zero-order chi connectivity index (χ0) is 11.4. The van der Waals surface area contributed by atoms with Gasteiger partial charge in [-0.1, -0.05) is 64.6 Å². The van der Waals surface area contributed by atoms with Crippen LogP contribution in [0.3, 0.4) is 0 Å². The molecule has 1 heterocycles. The molecule has 0 spiro atoms. The largest absolute Gasteiger partial charge is 0.346 e. The van der Waals surface area contributed by atoms with Crippen LogP contribution in [-0.4, -0.2) is 9.33 Å². The first-order valence-electron chi connectivity index (χ1n) is 5.53. The van der Waals surface area contributed by atoms with E-state index >= 15 is 0 Å². The first-order valence-corrected chi connectivity index (χ1v) is 7.06. The summed E-state index contributed by atoms with van der Waals surface area (Å²) in [6.45, 7) is 2.19. The summed E-state index contributed by atoms with van der Waals surface area (Å²) in [6.07, 6.45) is 7.77. The fourth-order valence-electron chi connectivity index (χ4n) is 1.92. The molecule has 0 saturated carbocycles. The summed E-state index contributed by atoms with van der Waals surface area (Å²) in [7, 11) is 0. The Morgan fingerprint density at radius 1 is 1.31 bits per heavy atom. The summed E-state index contributed by atoms with van der Waals surface area (Å²) in [4.78, 5) is 2.32. The number of nitrogens with zero attached hydrogens (tertiary/aromatic N) is 1. The smallest absolute Gasteiger partial charge is 0.0669 e. The molecular formula is C14H16IN. The van der Waals surface area contributed by atoms with E-state index in [1.807, 2.05) is 0 Å². The minimum atomic E-state index is 0.452. The van der Waals surface area contributed by atoms with E-state index in [0.717, 1.165) is 10.8 Å². The maximum absolute atomic E-state index is 2.46. The molecule has 1 aromatic rings. The number of hydrogen-bond donors (Lipinski definition) is 0. The number of allylic oxidation sites excluding steroid dienone is 2. The van der Waals surface area contributed by atoms with Crippen LogP contribution in [0.5, 0.6) is 0 Å². The molecule has 1 nitrogen and oxygen atoms in total. The Kier molecular flexibility index (Phi) is 4.04. The molecular weight excluding hydrogens is 309 g/mol. The molecule has 0 radical (unpaired) electrons. The summed E-state index contributed by atoms with van der Waals surface area (Å²) in [6, 6.07) is 11.1. The van der Waals surface area contributed by atoms with Crippen LogP contribution in [0, 0.1) is 0 Å². The van der Waals surface area contributed by atoms with Crippen LogP contribution in [0.2, 0.25) is 0 Å². The lowest BCUT2D eigenvalue weighted by atomic mass is 10.1. The van der Waals surface area contributed by atoms with Crippen molar-refractivity contribution in [1.29, 1.82) is 0 Å². The van der Waals surface area contributed by atoms with Crippen LogP contribution < -0.4 is 0 Å².